The van der Waals surface area contributed by atoms with E-state index in [1.54, 1.807) is 29.7 Å². The summed E-state index contributed by atoms with van der Waals surface area (Å²) in [5, 5.41) is 7.46. The average molecular weight is 407 g/mol. The largest absolute Gasteiger partial charge is 0.361 e. The van der Waals surface area contributed by atoms with Crippen LogP contribution < -0.4 is 15.5 Å². The van der Waals surface area contributed by atoms with Crippen LogP contribution in [0.5, 0.6) is 0 Å². The van der Waals surface area contributed by atoms with Gasteiger partial charge in [0.2, 0.25) is 0 Å². The highest BCUT2D eigenvalue weighted by molar-refractivity contribution is 7.10. The number of fused-ring (bicyclic) bond motifs is 1. The third-order valence-corrected chi connectivity index (χ3v) is 5.96. The Labute approximate surface area is 173 Å². The van der Waals surface area contributed by atoms with Crippen LogP contribution in [0.3, 0.4) is 0 Å². The van der Waals surface area contributed by atoms with Crippen molar-refractivity contribution >= 4 is 28.8 Å². The van der Waals surface area contributed by atoms with Crippen LogP contribution >= 0.6 is 11.3 Å². The number of benzene rings is 1. The predicted molar refractivity (Wildman–Crippen MR) is 114 cm³/mol. The molecule has 0 saturated heterocycles. The monoisotopic (exact) mass is 406 g/mol. The Kier molecular flexibility index (Phi) is 5.86. The van der Waals surface area contributed by atoms with Crippen LogP contribution in [0.1, 0.15) is 22.2 Å². The number of carbonyl (C=O) groups excluding carboxylic acids is 2. The summed E-state index contributed by atoms with van der Waals surface area (Å²) in [6, 6.07) is 17.9. The molecule has 4 rings (SSSR count). The molecule has 2 amide bonds. The summed E-state index contributed by atoms with van der Waals surface area (Å²) in [4.78, 5) is 32.1. The van der Waals surface area contributed by atoms with Gasteiger partial charge < -0.3 is 15.5 Å². The molecule has 0 fully saturated rings. The zero-order valence-corrected chi connectivity index (χ0v) is 16.7. The van der Waals surface area contributed by atoms with Crippen molar-refractivity contribution in [3.63, 3.8) is 0 Å². The number of nitrogens with one attached hydrogen (secondary N) is 2. The average Bonchev–Trinajstić information content (AvgIpc) is 3.44. The molecule has 29 heavy (non-hydrogen) atoms. The Morgan fingerprint density at radius 1 is 1.03 bits per heavy atom. The molecule has 3 aromatic rings. The first kappa shape index (κ1) is 19.1. The highest BCUT2D eigenvalue weighted by atomic mass is 32.1. The summed E-state index contributed by atoms with van der Waals surface area (Å²) in [7, 11) is 0. The molecule has 6 nitrogen and oxygen atoms in total. The molecule has 2 aromatic heterocycles. The number of rotatable bonds is 6. The zero-order valence-electron chi connectivity index (χ0n) is 15.9. The van der Waals surface area contributed by atoms with Gasteiger partial charge in [-0.3, -0.25) is 14.6 Å². The molecule has 0 aliphatic carbocycles. The first-order valence-corrected chi connectivity index (χ1v) is 10.4. The summed E-state index contributed by atoms with van der Waals surface area (Å²) < 4.78 is 0. The second-order valence-electron chi connectivity index (χ2n) is 6.82. The minimum absolute atomic E-state index is 0.00816. The summed E-state index contributed by atoms with van der Waals surface area (Å²) >= 11 is 1.66. The Balaban J connectivity index is 1.40. The Bertz CT molecular complexity index is 975. The van der Waals surface area contributed by atoms with Crippen LogP contribution in [-0.2, 0) is 22.6 Å². The van der Waals surface area contributed by atoms with Gasteiger partial charge in [0, 0.05) is 29.9 Å². The van der Waals surface area contributed by atoms with Crippen molar-refractivity contribution in [2.45, 2.75) is 19.0 Å². The van der Waals surface area contributed by atoms with E-state index in [1.165, 1.54) is 11.3 Å². The van der Waals surface area contributed by atoms with Crippen LogP contribution in [0.4, 0.5) is 5.69 Å². The number of hydrogen-bond acceptors (Lipinski definition) is 5. The number of thiophene rings is 1. The lowest BCUT2D eigenvalue weighted by Crippen LogP contribution is -2.43. The second-order valence-corrected chi connectivity index (χ2v) is 7.80. The van der Waals surface area contributed by atoms with Crippen molar-refractivity contribution in [2.75, 3.05) is 18.0 Å². The Morgan fingerprint density at radius 2 is 1.86 bits per heavy atom. The number of amides is 2. The summed E-state index contributed by atoms with van der Waals surface area (Å²) in [6.07, 6.45) is 2.64. The number of anilines is 1. The van der Waals surface area contributed by atoms with Crippen LogP contribution in [0.15, 0.2) is 66.2 Å². The molecule has 148 valence electrons. The molecule has 1 atom stereocenters. The molecule has 1 aromatic carbocycles. The number of carbonyl (C=O) groups is 2. The quantitative estimate of drug-likeness (QED) is 0.618. The molecular weight excluding hydrogens is 384 g/mol. The molecule has 1 aliphatic heterocycles. The molecule has 0 radical (unpaired) electrons. The second kappa shape index (κ2) is 8.87. The molecule has 0 spiro atoms. The fraction of sp³-hybridized carbons (Fsp3) is 0.227. The SMILES string of the molecule is O=C(NCc1ccccn1)C(=O)NC[C@@H](c1cccs1)N1CCc2ccccc21. The van der Waals surface area contributed by atoms with E-state index in [4.69, 9.17) is 0 Å². The van der Waals surface area contributed by atoms with E-state index >= 15 is 0 Å². The Morgan fingerprint density at radius 3 is 2.66 bits per heavy atom. The molecule has 1 aliphatic rings. The predicted octanol–water partition coefficient (Wildman–Crippen LogP) is 2.68. The van der Waals surface area contributed by atoms with Gasteiger partial charge in [-0.25, -0.2) is 0 Å². The summed E-state index contributed by atoms with van der Waals surface area (Å²) in [5.74, 6) is -1.28. The Hall–Kier alpha value is -3.19. The van der Waals surface area contributed by atoms with E-state index in [1.807, 2.05) is 23.6 Å². The molecular formula is C22H22N4O2S. The van der Waals surface area contributed by atoms with Gasteiger partial charge in [0.15, 0.2) is 0 Å². The zero-order chi connectivity index (χ0) is 20.1. The molecule has 0 unspecified atom stereocenters. The van der Waals surface area contributed by atoms with E-state index in [0.29, 0.717) is 12.2 Å². The maximum atomic E-state index is 12.3. The fourth-order valence-corrected chi connectivity index (χ4v) is 4.40. The first-order chi connectivity index (χ1) is 14.2. The van der Waals surface area contributed by atoms with Crippen molar-refractivity contribution in [3.05, 3.63) is 82.3 Å². The lowest BCUT2D eigenvalue weighted by Gasteiger charge is -2.30. The van der Waals surface area contributed by atoms with Crippen molar-refractivity contribution in [1.82, 2.24) is 15.6 Å². The third kappa shape index (κ3) is 4.46. The maximum absolute atomic E-state index is 12.3. The number of hydrogen-bond donors (Lipinski definition) is 2. The fourth-order valence-electron chi connectivity index (χ4n) is 3.56. The lowest BCUT2D eigenvalue weighted by molar-refractivity contribution is -0.139. The topological polar surface area (TPSA) is 74.3 Å². The third-order valence-electron chi connectivity index (χ3n) is 4.99. The van der Waals surface area contributed by atoms with E-state index in [-0.39, 0.29) is 12.6 Å². The van der Waals surface area contributed by atoms with E-state index in [2.05, 4.69) is 44.8 Å². The number of nitrogens with zero attached hydrogens (tertiary/aromatic N) is 2. The minimum atomic E-state index is -0.651. The van der Waals surface area contributed by atoms with E-state index in [9.17, 15) is 9.59 Å². The number of aromatic nitrogens is 1. The minimum Gasteiger partial charge on any atom is -0.361 e. The van der Waals surface area contributed by atoms with Crippen molar-refractivity contribution in [1.29, 1.82) is 0 Å². The normalized spacial score (nSPS) is 13.6. The van der Waals surface area contributed by atoms with E-state index in [0.717, 1.165) is 17.8 Å². The van der Waals surface area contributed by atoms with Crippen LogP contribution in [-0.4, -0.2) is 29.9 Å². The van der Waals surface area contributed by atoms with Crippen LogP contribution in [0, 0.1) is 0 Å². The van der Waals surface area contributed by atoms with Gasteiger partial charge in [0.05, 0.1) is 18.3 Å². The highest BCUT2D eigenvalue weighted by Gasteiger charge is 2.28. The van der Waals surface area contributed by atoms with Gasteiger partial charge in [-0.15, -0.1) is 11.3 Å². The standard InChI is InChI=1S/C22H22N4O2S/c27-21(24-14-17-7-3-4-11-23-17)22(28)25-15-19(20-9-5-13-29-20)26-12-10-16-6-1-2-8-18(16)26/h1-9,11,13,19H,10,12,14-15H2,(H,24,27)(H,25,28)/t19-/m0/s1. The van der Waals surface area contributed by atoms with Crippen LogP contribution in [0.2, 0.25) is 0 Å². The molecule has 3 heterocycles. The summed E-state index contributed by atoms with van der Waals surface area (Å²) in [6.45, 7) is 1.48. The van der Waals surface area contributed by atoms with Crippen LogP contribution in [0.25, 0.3) is 0 Å². The molecule has 7 heteroatoms. The highest BCUT2D eigenvalue weighted by Crippen LogP contribution is 2.36. The van der Waals surface area contributed by atoms with Gasteiger partial charge in [-0.05, 0) is 41.6 Å². The van der Waals surface area contributed by atoms with Crippen molar-refractivity contribution in [2.24, 2.45) is 0 Å². The van der Waals surface area contributed by atoms with Gasteiger partial charge in [0.25, 0.3) is 0 Å². The maximum Gasteiger partial charge on any atom is 0.309 e. The smallest absolute Gasteiger partial charge is 0.309 e. The van der Waals surface area contributed by atoms with Crippen molar-refractivity contribution < 1.29 is 9.59 Å². The number of para-hydroxylation sites is 1. The summed E-state index contributed by atoms with van der Waals surface area (Å²) in [5.41, 5.74) is 3.21. The van der Waals surface area contributed by atoms with E-state index < -0.39 is 11.8 Å². The number of pyridine rings is 1. The van der Waals surface area contributed by atoms with Gasteiger partial charge in [0.1, 0.15) is 0 Å². The molecule has 0 saturated carbocycles. The van der Waals surface area contributed by atoms with Crippen molar-refractivity contribution in [3.8, 4) is 0 Å². The molecule has 0 bridgehead atoms. The lowest BCUT2D eigenvalue weighted by atomic mass is 10.1. The first-order valence-electron chi connectivity index (χ1n) is 9.56. The molecule has 2 N–H and O–H groups in total. The van der Waals surface area contributed by atoms with Gasteiger partial charge in [-0.1, -0.05) is 30.3 Å². The van der Waals surface area contributed by atoms with Gasteiger partial charge in [-0.2, -0.15) is 0 Å². The van der Waals surface area contributed by atoms with Gasteiger partial charge >= 0.3 is 11.8 Å².